The zero-order chi connectivity index (χ0) is 13.2. The number of nitrogens with one attached hydrogen (secondary N) is 1. The second kappa shape index (κ2) is 4.96. The maximum absolute atomic E-state index is 6.46. The molecule has 5 nitrogen and oxygen atoms in total. The van der Waals surface area contributed by atoms with Crippen molar-refractivity contribution in [1.82, 2.24) is 10.2 Å². The molecular formula is C13H21N5. The number of benzene rings is 1. The van der Waals surface area contributed by atoms with Gasteiger partial charge in [-0.3, -0.25) is 0 Å². The molecule has 1 aliphatic rings. The summed E-state index contributed by atoms with van der Waals surface area (Å²) in [5.74, 6) is 0.390. The van der Waals surface area contributed by atoms with Crippen LogP contribution in [0.3, 0.4) is 0 Å². The van der Waals surface area contributed by atoms with E-state index in [0.717, 1.165) is 30.6 Å². The van der Waals surface area contributed by atoms with E-state index in [2.05, 4.69) is 29.3 Å². The zero-order valence-corrected chi connectivity index (χ0v) is 11.0. The molecule has 0 spiro atoms. The first-order chi connectivity index (χ1) is 8.51. The minimum Gasteiger partial charge on any atom is -0.370 e. The molecule has 1 aromatic carbocycles. The van der Waals surface area contributed by atoms with Crippen molar-refractivity contribution in [2.45, 2.75) is 18.5 Å². The highest BCUT2D eigenvalue weighted by Gasteiger charge is 2.32. The Morgan fingerprint density at radius 1 is 1.33 bits per heavy atom. The Balaban J connectivity index is 2.20. The molecular weight excluding hydrogens is 226 g/mol. The fraction of sp³-hybridized carbons (Fsp3) is 0.462. The first-order valence-electron chi connectivity index (χ1n) is 6.17. The average Bonchev–Trinajstić information content (AvgIpc) is 2.28. The van der Waals surface area contributed by atoms with Gasteiger partial charge >= 0.3 is 0 Å². The van der Waals surface area contributed by atoms with E-state index < -0.39 is 5.66 Å². The standard InChI is InChI=1S/C13H21N5/c1-18(2)9-5-8-13(15)10-6-3-4-7-11(10)16-12(14)17-13/h3-4,6-7H,5,8-9,15H2,1-2H3,(H3,14,16,17). The minimum atomic E-state index is -0.613. The number of guanidine groups is 1. The average molecular weight is 247 g/mol. The van der Waals surface area contributed by atoms with Crippen LogP contribution in [-0.4, -0.2) is 31.5 Å². The van der Waals surface area contributed by atoms with Gasteiger partial charge in [0, 0.05) is 5.56 Å². The van der Waals surface area contributed by atoms with Gasteiger partial charge in [-0.1, -0.05) is 18.2 Å². The highest BCUT2D eigenvalue weighted by Crippen LogP contribution is 2.32. The first-order valence-corrected chi connectivity index (χ1v) is 6.17. The molecule has 0 radical (unpaired) electrons. The molecule has 1 aliphatic heterocycles. The van der Waals surface area contributed by atoms with Crippen LogP contribution in [0.1, 0.15) is 18.4 Å². The predicted octanol–water partition coefficient (Wildman–Crippen LogP) is 0.689. The van der Waals surface area contributed by atoms with E-state index in [9.17, 15) is 0 Å². The van der Waals surface area contributed by atoms with Gasteiger partial charge in [0.15, 0.2) is 5.96 Å². The van der Waals surface area contributed by atoms with Gasteiger partial charge in [-0.2, -0.15) is 0 Å². The van der Waals surface area contributed by atoms with Gasteiger partial charge in [0.2, 0.25) is 0 Å². The van der Waals surface area contributed by atoms with Gasteiger partial charge in [0.25, 0.3) is 0 Å². The number of nitrogens with zero attached hydrogens (tertiary/aromatic N) is 2. The zero-order valence-electron chi connectivity index (χ0n) is 11.0. The maximum Gasteiger partial charge on any atom is 0.195 e. The number of rotatable bonds is 4. The molecule has 0 aliphatic carbocycles. The summed E-state index contributed by atoms with van der Waals surface area (Å²) in [5, 5.41) is 3.11. The molecule has 18 heavy (non-hydrogen) atoms. The molecule has 1 heterocycles. The lowest BCUT2D eigenvalue weighted by Gasteiger charge is -2.35. The lowest BCUT2D eigenvalue weighted by molar-refractivity contribution is 0.319. The van der Waals surface area contributed by atoms with Gasteiger partial charge < -0.3 is 21.7 Å². The van der Waals surface area contributed by atoms with Crippen molar-refractivity contribution in [3.8, 4) is 0 Å². The second-order valence-corrected chi connectivity index (χ2v) is 5.02. The number of fused-ring (bicyclic) bond motifs is 1. The van der Waals surface area contributed by atoms with Crippen molar-refractivity contribution in [1.29, 1.82) is 0 Å². The van der Waals surface area contributed by atoms with Crippen LogP contribution < -0.4 is 16.8 Å². The van der Waals surface area contributed by atoms with Crippen LogP contribution >= 0.6 is 0 Å². The Morgan fingerprint density at radius 3 is 2.78 bits per heavy atom. The predicted molar refractivity (Wildman–Crippen MR) is 74.5 cm³/mol. The quantitative estimate of drug-likeness (QED) is 0.731. The summed E-state index contributed by atoms with van der Waals surface area (Å²) in [6.45, 7) is 1.000. The Hall–Kier alpha value is -1.59. The monoisotopic (exact) mass is 247 g/mol. The van der Waals surface area contributed by atoms with Crippen molar-refractivity contribution >= 4 is 11.6 Å². The van der Waals surface area contributed by atoms with E-state index in [1.54, 1.807) is 0 Å². The molecule has 0 aromatic heterocycles. The SMILES string of the molecule is CN(C)CCCC1(N)NC(N)=Nc2ccccc21. The van der Waals surface area contributed by atoms with Gasteiger partial charge in [0.1, 0.15) is 5.66 Å². The number of aliphatic imine (C=N–C) groups is 1. The number of para-hydroxylation sites is 1. The van der Waals surface area contributed by atoms with E-state index in [1.165, 1.54) is 0 Å². The smallest absolute Gasteiger partial charge is 0.195 e. The van der Waals surface area contributed by atoms with Crippen molar-refractivity contribution in [2.75, 3.05) is 20.6 Å². The van der Waals surface area contributed by atoms with Crippen LogP contribution in [0.25, 0.3) is 0 Å². The van der Waals surface area contributed by atoms with Crippen LogP contribution in [0.15, 0.2) is 29.3 Å². The molecule has 0 saturated heterocycles. The van der Waals surface area contributed by atoms with E-state index in [-0.39, 0.29) is 0 Å². The van der Waals surface area contributed by atoms with Gasteiger partial charge in [0.05, 0.1) is 5.69 Å². The van der Waals surface area contributed by atoms with E-state index >= 15 is 0 Å². The molecule has 1 unspecified atom stereocenters. The minimum absolute atomic E-state index is 0.390. The molecule has 0 amide bonds. The fourth-order valence-corrected chi connectivity index (χ4v) is 2.27. The maximum atomic E-state index is 6.46. The molecule has 0 saturated carbocycles. The van der Waals surface area contributed by atoms with Crippen LogP contribution in [0.2, 0.25) is 0 Å². The highest BCUT2D eigenvalue weighted by atomic mass is 15.2. The van der Waals surface area contributed by atoms with Crippen molar-refractivity contribution in [3.63, 3.8) is 0 Å². The lowest BCUT2D eigenvalue weighted by atomic mass is 9.92. The van der Waals surface area contributed by atoms with Crippen molar-refractivity contribution in [2.24, 2.45) is 16.5 Å². The van der Waals surface area contributed by atoms with E-state index in [1.807, 2.05) is 24.3 Å². The molecule has 1 aromatic rings. The van der Waals surface area contributed by atoms with Crippen LogP contribution in [0.4, 0.5) is 5.69 Å². The molecule has 0 bridgehead atoms. The van der Waals surface area contributed by atoms with Gasteiger partial charge in [-0.15, -0.1) is 0 Å². The summed E-state index contributed by atoms with van der Waals surface area (Å²) in [5.41, 5.74) is 13.5. The summed E-state index contributed by atoms with van der Waals surface area (Å²) < 4.78 is 0. The summed E-state index contributed by atoms with van der Waals surface area (Å²) >= 11 is 0. The number of nitrogens with two attached hydrogens (primary N) is 2. The summed E-state index contributed by atoms with van der Waals surface area (Å²) in [6, 6.07) is 7.87. The van der Waals surface area contributed by atoms with E-state index in [4.69, 9.17) is 11.5 Å². The van der Waals surface area contributed by atoms with Crippen LogP contribution in [0, 0.1) is 0 Å². The molecule has 5 N–H and O–H groups in total. The third kappa shape index (κ3) is 2.63. The van der Waals surface area contributed by atoms with Gasteiger partial charge in [-0.05, 0) is 39.5 Å². The molecule has 0 fully saturated rings. The Bertz CT molecular complexity index is 454. The summed E-state index contributed by atoms with van der Waals surface area (Å²) in [4.78, 5) is 6.43. The third-order valence-electron chi connectivity index (χ3n) is 3.15. The largest absolute Gasteiger partial charge is 0.370 e. The van der Waals surface area contributed by atoms with Crippen molar-refractivity contribution in [3.05, 3.63) is 29.8 Å². The molecule has 5 heteroatoms. The molecule has 98 valence electrons. The molecule has 2 rings (SSSR count). The Kier molecular flexibility index (Phi) is 3.54. The topological polar surface area (TPSA) is 79.7 Å². The first kappa shape index (κ1) is 12.9. The van der Waals surface area contributed by atoms with Crippen LogP contribution in [0.5, 0.6) is 0 Å². The molecule has 1 atom stereocenters. The highest BCUT2D eigenvalue weighted by molar-refractivity contribution is 5.84. The Morgan fingerprint density at radius 2 is 2.06 bits per heavy atom. The lowest BCUT2D eigenvalue weighted by Crippen LogP contribution is -2.57. The van der Waals surface area contributed by atoms with Crippen molar-refractivity contribution < 1.29 is 0 Å². The second-order valence-electron chi connectivity index (χ2n) is 5.02. The summed E-state index contributed by atoms with van der Waals surface area (Å²) in [6.07, 6.45) is 1.82. The summed E-state index contributed by atoms with van der Waals surface area (Å²) in [7, 11) is 4.11. The number of hydrogen-bond acceptors (Lipinski definition) is 5. The van der Waals surface area contributed by atoms with Gasteiger partial charge in [-0.25, -0.2) is 4.99 Å². The van der Waals surface area contributed by atoms with Crippen LogP contribution in [-0.2, 0) is 5.66 Å². The normalized spacial score (nSPS) is 22.3. The fourth-order valence-electron chi connectivity index (χ4n) is 2.27. The third-order valence-corrected chi connectivity index (χ3v) is 3.15. The number of hydrogen-bond donors (Lipinski definition) is 3. The Labute approximate surface area is 108 Å². The van der Waals surface area contributed by atoms with E-state index in [0.29, 0.717) is 5.96 Å².